The van der Waals surface area contributed by atoms with Crippen LogP contribution >= 0.6 is 0 Å². The van der Waals surface area contributed by atoms with Crippen LogP contribution in [0.25, 0.3) is 0 Å². The van der Waals surface area contributed by atoms with E-state index < -0.39 is 0 Å². The van der Waals surface area contributed by atoms with E-state index in [9.17, 15) is 0 Å². The van der Waals surface area contributed by atoms with E-state index in [0.29, 0.717) is 0 Å². The Morgan fingerprint density at radius 3 is 2.47 bits per heavy atom. The highest BCUT2D eigenvalue weighted by Gasteiger charge is 2.27. The van der Waals surface area contributed by atoms with E-state index in [-0.39, 0.29) is 0 Å². The van der Waals surface area contributed by atoms with Crippen LogP contribution in [0, 0.1) is 0 Å². The molecule has 3 rings (SSSR count). The lowest BCUT2D eigenvalue weighted by molar-refractivity contribution is 0.0600. The van der Waals surface area contributed by atoms with Gasteiger partial charge in [0.25, 0.3) is 0 Å². The molecule has 0 bridgehead atoms. The summed E-state index contributed by atoms with van der Waals surface area (Å²) in [6.45, 7) is 6.99. The Hall–Kier alpha value is -0.940. The fourth-order valence-electron chi connectivity index (χ4n) is 2.70. The van der Waals surface area contributed by atoms with E-state index in [0.717, 1.165) is 19.1 Å². The summed E-state index contributed by atoms with van der Waals surface area (Å²) in [6.07, 6.45) is 7.98. The molecule has 2 fully saturated rings. The zero-order valence-corrected chi connectivity index (χ0v) is 10.3. The van der Waals surface area contributed by atoms with Gasteiger partial charge in [-0.15, -0.1) is 5.10 Å². The van der Waals surface area contributed by atoms with Crippen molar-refractivity contribution in [3.63, 3.8) is 0 Å². The van der Waals surface area contributed by atoms with E-state index >= 15 is 0 Å². The molecule has 2 heterocycles. The van der Waals surface area contributed by atoms with Gasteiger partial charge in [0.1, 0.15) is 0 Å². The van der Waals surface area contributed by atoms with Crippen molar-refractivity contribution in [3.05, 3.63) is 12.4 Å². The maximum atomic E-state index is 4.00. The highest BCUT2D eigenvalue weighted by atomic mass is 15.4. The Labute approximate surface area is 102 Å². The lowest BCUT2D eigenvalue weighted by Gasteiger charge is -2.42. The molecular weight excluding hydrogens is 214 g/mol. The molecule has 2 aliphatic rings. The molecule has 1 saturated carbocycles. The van der Waals surface area contributed by atoms with Crippen LogP contribution in [0.4, 0.5) is 0 Å². The van der Waals surface area contributed by atoms with Crippen molar-refractivity contribution in [2.45, 2.75) is 31.8 Å². The number of hydrogen-bond acceptors (Lipinski definition) is 4. The first-order chi connectivity index (χ1) is 8.42. The van der Waals surface area contributed by atoms with Crippen LogP contribution < -0.4 is 0 Å². The predicted octanol–water partition coefficient (Wildman–Crippen LogP) is 0.448. The summed E-state index contributed by atoms with van der Waals surface area (Å²) in [5.74, 6) is 0. The average Bonchev–Trinajstić information content (AvgIpc) is 2.79. The molecule has 0 unspecified atom stereocenters. The summed E-state index contributed by atoms with van der Waals surface area (Å²) in [4.78, 5) is 5.21. The molecule has 17 heavy (non-hydrogen) atoms. The first kappa shape index (κ1) is 11.2. The molecule has 1 aliphatic heterocycles. The lowest BCUT2D eigenvalue weighted by atomic mass is 9.91. The molecule has 0 spiro atoms. The van der Waals surface area contributed by atoms with Crippen molar-refractivity contribution in [2.75, 3.05) is 32.7 Å². The van der Waals surface area contributed by atoms with Gasteiger partial charge in [-0.1, -0.05) is 11.6 Å². The molecule has 0 N–H and O–H groups in total. The average molecular weight is 235 g/mol. The van der Waals surface area contributed by atoms with E-state index in [2.05, 4.69) is 20.1 Å². The van der Waals surface area contributed by atoms with Crippen LogP contribution in [-0.2, 0) is 6.54 Å². The molecule has 0 radical (unpaired) electrons. The Morgan fingerprint density at radius 2 is 1.88 bits per heavy atom. The first-order valence-corrected chi connectivity index (χ1v) is 6.72. The maximum absolute atomic E-state index is 4.00. The highest BCUT2D eigenvalue weighted by molar-refractivity contribution is 4.83. The van der Waals surface area contributed by atoms with Gasteiger partial charge in [0.2, 0.25) is 0 Å². The second kappa shape index (κ2) is 5.14. The Morgan fingerprint density at radius 1 is 1.06 bits per heavy atom. The van der Waals surface area contributed by atoms with Crippen LogP contribution in [0.1, 0.15) is 19.3 Å². The zero-order chi connectivity index (χ0) is 11.5. The normalized spacial score (nSPS) is 23.8. The first-order valence-electron chi connectivity index (χ1n) is 6.72. The second-order valence-corrected chi connectivity index (χ2v) is 5.13. The van der Waals surface area contributed by atoms with E-state index in [1.54, 1.807) is 6.20 Å². The number of hydrogen-bond donors (Lipinski definition) is 0. The second-order valence-electron chi connectivity index (χ2n) is 5.13. The minimum atomic E-state index is 0.910. The monoisotopic (exact) mass is 235 g/mol. The zero-order valence-electron chi connectivity index (χ0n) is 10.3. The molecule has 0 amide bonds. The van der Waals surface area contributed by atoms with Gasteiger partial charge in [0, 0.05) is 45.0 Å². The van der Waals surface area contributed by atoms with Gasteiger partial charge in [-0.2, -0.15) is 0 Å². The third-order valence-corrected chi connectivity index (χ3v) is 4.12. The van der Waals surface area contributed by atoms with Gasteiger partial charge in [-0.05, 0) is 12.8 Å². The van der Waals surface area contributed by atoms with Crippen molar-refractivity contribution in [2.24, 2.45) is 0 Å². The van der Waals surface area contributed by atoms with Gasteiger partial charge in [-0.3, -0.25) is 14.5 Å². The van der Waals surface area contributed by atoms with Crippen molar-refractivity contribution in [3.8, 4) is 0 Å². The van der Waals surface area contributed by atoms with E-state index in [1.807, 2.05) is 10.9 Å². The quantitative estimate of drug-likeness (QED) is 0.759. The molecule has 1 saturated heterocycles. The van der Waals surface area contributed by atoms with Gasteiger partial charge >= 0.3 is 0 Å². The Kier molecular flexibility index (Phi) is 3.38. The minimum absolute atomic E-state index is 0.910. The van der Waals surface area contributed by atoms with Crippen LogP contribution in [0.5, 0.6) is 0 Å². The molecule has 0 atom stereocenters. The lowest BCUT2D eigenvalue weighted by Crippen LogP contribution is -2.52. The maximum Gasteiger partial charge on any atom is 0.0692 e. The van der Waals surface area contributed by atoms with Crippen LogP contribution in [-0.4, -0.2) is 63.6 Å². The number of rotatable bonds is 4. The molecule has 5 heteroatoms. The van der Waals surface area contributed by atoms with Gasteiger partial charge in [0.05, 0.1) is 12.7 Å². The van der Waals surface area contributed by atoms with Gasteiger partial charge < -0.3 is 0 Å². The predicted molar refractivity (Wildman–Crippen MR) is 65.7 cm³/mol. The topological polar surface area (TPSA) is 37.2 Å². The van der Waals surface area contributed by atoms with Crippen molar-refractivity contribution >= 4 is 0 Å². The van der Waals surface area contributed by atoms with Crippen LogP contribution in [0.2, 0.25) is 0 Å². The third kappa shape index (κ3) is 2.66. The largest absolute Gasteiger partial charge is 0.299 e. The van der Waals surface area contributed by atoms with Crippen molar-refractivity contribution in [1.29, 1.82) is 0 Å². The summed E-state index contributed by atoms with van der Waals surface area (Å²) in [6, 6.07) is 0.910. The van der Waals surface area contributed by atoms with Crippen LogP contribution in [0.3, 0.4) is 0 Å². The van der Waals surface area contributed by atoms with E-state index in [4.69, 9.17) is 0 Å². The Bertz CT molecular complexity index is 325. The summed E-state index contributed by atoms with van der Waals surface area (Å²) >= 11 is 0. The van der Waals surface area contributed by atoms with Gasteiger partial charge in [0.15, 0.2) is 0 Å². The molecule has 94 valence electrons. The summed E-state index contributed by atoms with van der Waals surface area (Å²) in [5.41, 5.74) is 0. The SMILES string of the molecule is c1cn(CCN2CCN(C3CCC3)CC2)nn1. The molecule has 0 aromatic carbocycles. The van der Waals surface area contributed by atoms with Gasteiger partial charge in [-0.25, -0.2) is 0 Å². The summed E-state index contributed by atoms with van der Waals surface area (Å²) < 4.78 is 1.91. The number of piperazine rings is 1. The smallest absolute Gasteiger partial charge is 0.0692 e. The Balaban J connectivity index is 1.39. The molecular formula is C12H21N5. The molecule has 1 aromatic rings. The van der Waals surface area contributed by atoms with Crippen LogP contribution in [0.15, 0.2) is 12.4 Å². The summed E-state index contributed by atoms with van der Waals surface area (Å²) in [7, 11) is 0. The molecule has 1 aliphatic carbocycles. The minimum Gasteiger partial charge on any atom is -0.299 e. The fraction of sp³-hybridized carbons (Fsp3) is 0.833. The summed E-state index contributed by atoms with van der Waals surface area (Å²) in [5, 5.41) is 7.82. The molecule has 1 aromatic heterocycles. The fourth-order valence-corrected chi connectivity index (χ4v) is 2.70. The van der Waals surface area contributed by atoms with Crippen molar-refractivity contribution in [1.82, 2.24) is 24.8 Å². The highest BCUT2D eigenvalue weighted by Crippen LogP contribution is 2.25. The van der Waals surface area contributed by atoms with Crippen molar-refractivity contribution < 1.29 is 0 Å². The number of nitrogens with zero attached hydrogens (tertiary/aromatic N) is 5. The van der Waals surface area contributed by atoms with E-state index in [1.165, 1.54) is 45.4 Å². The third-order valence-electron chi connectivity index (χ3n) is 4.12. The molecule has 5 nitrogen and oxygen atoms in total. The number of aromatic nitrogens is 3. The standard InChI is InChI=1S/C12H21N5/c1-2-12(3-1)16-9-6-15(7-10-16)8-11-17-5-4-13-14-17/h4-5,12H,1-3,6-11H2.